The second-order valence-electron chi connectivity index (χ2n) is 6.35. The molecule has 0 saturated carbocycles. The minimum Gasteiger partial charge on any atom is -0.493 e. The molecule has 0 radical (unpaired) electrons. The molecule has 0 aliphatic carbocycles. The van der Waals surface area contributed by atoms with Crippen LogP contribution in [0.3, 0.4) is 0 Å². The van der Waals surface area contributed by atoms with Crippen molar-refractivity contribution in [2.75, 3.05) is 27.8 Å². The molecule has 0 aromatic heterocycles. The third kappa shape index (κ3) is 5.88. The lowest BCUT2D eigenvalue weighted by atomic mass is 10.1. The molecule has 1 unspecified atom stereocenters. The first-order valence-electron chi connectivity index (χ1n) is 8.83. The molecule has 0 bridgehead atoms. The Hall–Kier alpha value is -2.24. The SMILES string of the molecule is COc1ccc(C(O)CN(C)C(=O)CCCc2ccccc2Cl)cc1OC. The van der Waals surface area contributed by atoms with E-state index in [1.54, 1.807) is 44.4 Å². The highest BCUT2D eigenvalue weighted by molar-refractivity contribution is 6.31. The summed E-state index contributed by atoms with van der Waals surface area (Å²) in [6, 6.07) is 12.9. The molecule has 1 atom stereocenters. The second kappa shape index (κ2) is 10.2. The van der Waals surface area contributed by atoms with E-state index < -0.39 is 6.10 Å². The van der Waals surface area contributed by atoms with Crippen LogP contribution in [0.15, 0.2) is 42.5 Å². The Kier molecular flexibility index (Phi) is 7.95. The Bertz CT molecular complexity index is 766. The van der Waals surface area contributed by atoms with E-state index in [-0.39, 0.29) is 12.5 Å². The molecular weight excluding hydrogens is 366 g/mol. The van der Waals surface area contributed by atoms with Crippen LogP contribution in [0.1, 0.15) is 30.1 Å². The van der Waals surface area contributed by atoms with Gasteiger partial charge in [0.15, 0.2) is 11.5 Å². The minimum atomic E-state index is -0.803. The van der Waals surface area contributed by atoms with Gasteiger partial charge in [0.25, 0.3) is 0 Å². The van der Waals surface area contributed by atoms with Gasteiger partial charge in [-0.15, -0.1) is 0 Å². The number of carbonyl (C=O) groups is 1. The van der Waals surface area contributed by atoms with Crippen molar-refractivity contribution >= 4 is 17.5 Å². The van der Waals surface area contributed by atoms with Crippen molar-refractivity contribution in [1.29, 1.82) is 0 Å². The topological polar surface area (TPSA) is 59.0 Å². The minimum absolute atomic E-state index is 0.0124. The number of likely N-dealkylation sites (N-methyl/N-ethyl adjacent to an activating group) is 1. The number of hydrogen-bond donors (Lipinski definition) is 1. The number of aryl methyl sites for hydroxylation is 1. The third-order valence-electron chi connectivity index (χ3n) is 4.46. The number of halogens is 1. The number of ether oxygens (including phenoxy) is 2. The Morgan fingerprint density at radius 3 is 2.52 bits per heavy atom. The summed E-state index contributed by atoms with van der Waals surface area (Å²) in [5.74, 6) is 1.13. The fourth-order valence-electron chi connectivity index (χ4n) is 2.85. The zero-order chi connectivity index (χ0) is 19.8. The van der Waals surface area contributed by atoms with Gasteiger partial charge in [-0.05, 0) is 42.2 Å². The van der Waals surface area contributed by atoms with E-state index in [9.17, 15) is 9.90 Å². The number of carbonyl (C=O) groups excluding carboxylic acids is 1. The maximum atomic E-state index is 12.3. The molecule has 5 nitrogen and oxygen atoms in total. The van der Waals surface area contributed by atoms with Crippen LogP contribution >= 0.6 is 11.6 Å². The van der Waals surface area contributed by atoms with Gasteiger partial charge in [0.2, 0.25) is 5.91 Å². The van der Waals surface area contributed by atoms with Crippen LogP contribution in [-0.2, 0) is 11.2 Å². The number of amides is 1. The zero-order valence-corrected chi connectivity index (χ0v) is 16.7. The molecular formula is C21H26ClNO4. The van der Waals surface area contributed by atoms with Crippen molar-refractivity contribution < 1.29 is 19.4 Å². The van der Waals surface area contributed by atoms with Gasteiger partial charge in [-0.3, -0.25) is 4.79 Å². The van der Waals surface area contributed by atoms with E-state index in [0.717, 1.165) is 17.0 Å². The van der Waals surface area contributed by atoms with E-state index in [2.05, 4.69) is 0 Å². The summed E-state index contributed by atoms with van der Waals surface area (Å²) in [5, 5.41) is 11.2. The number of methoxy groups -OCH3 is 2. The van der Waals surface area contributed by atoms with Crippen LogP contribution in [0, 0.1) is 0 Å². The van der Waals surface area contributed by atoms with Gasteiger partial charge >= 0.3 is 0 Å². The first kappa shape index (κ1) is 21.1. The largest absolute Gasteiger partial charge is 0.493 e. The van der Waals surface area contributed by atoms with E-state index in [0.29, 0.717) is 29.9 Å². The van der Waals surface area contributed by atoms with E-state index >= 15 is 0 Å². The molecule has 0 fully saturated rings. The highest BCUT2D eigenvalue weighted by atomic mass is 35.5. The highest BCUT2D eigenvalue weighted by Gasteiger charge is 2.17. The number of aliphatic hydroxyl groups excluding tert-OH is 1. The van der Waals surface area contributed by atoms with Gasteiger partial charge in [-0.2, -0.15) is 0 Å². The molecule has 2 aromatic rings. The molecule has 0 aliphatic heterocycles. The normalized spacial score (nSPS) is 11.7. The van der Waals surface area contributed by atoms with Crippen molar-refractivity contribution in [2.24, 2.45) is 0 Å². The summed E-state index contributed by atoms with van der Waals surface area (Å²) < 4.78 is 10.5. The molecule has 0 spiro atoms. The summed E-state index contributed by atoms with van der Waals surface area (Å²) in [6.07, 6.45) is 1.05. The summed E-state index contributed by atoms with van der Waals surface area (Å²) in [4.78, 5) is 13.9. The van der Waals surface area contributed by atoms with Gasteiger partial charge in [-0.1, -0.05) is 35.9 Å². The lowest BCUT2D eigenvalue weighted by Crippen LogP contribution is -2.31. The molecule has 0 heterocycles. The number of hydrogen-bond acceptors (Lipinski definition) is 4. The van der Waals surface area contributed by atoms with Crippen molar-refractivity contribution in [3.63, 3.8) is 0 Å². The smallest absolute Gasteiger partial charge is 0.222 e. The maximum absolute atomic E-state index is 12.3. The van der Waals surface area contributed by atoms with Gasteiger partial charge in [-0.25, -0.2) is 0 Å². The van der Waals surface area contributed by atoms with Gasteiger partial charge in [0, 0.05) is 18.5 Å². The van der Waals surface area contributed by atoms with Crippen molar-refractivity contribution in [3.05, 3.63) is 58.6 Å². The zero-order valence-electron chi connectivity index (χ0n) is 15.9. The summed E-state index contributed by atoms with van der Waals surface area (Å²) in [7, 11) is 4.80. The molecule has 2 aromatic carbocycles. The fraction of sp³-hybridized carbons (Fsp3) is 0.381. The molecule has 0 saturated heterocycles. The van der Waals surface area contributed by atoms with Crippen LogP contribution in [0.2, 0.25) is 5.02 Å². The molecule has 146 valence electrons. The molecule has 0 aliphatic rings. The lowest BCUT2D eigenvalue weighted by molar-refractivity contribution is -0.131. The molecule has 27 heavy (non-hydrogen) atoms. The quantitative estimate of drug-likeness (QED) is 0.704. The predicted octanol–water partition coefficient (Wildman–Crippen LogP) is 3.87. The lowest BCUT2D eigenvalue weighted by Gasteiger charge is -2.22. The average Bonchev–Trinajstić information content (AvgIpc) is 2.68. The van der Waals surface area contributed by atoms with Gasteiger partial charge < -0.3 is 19.5 Å². The molecule has 1 amide bonds. The first-order chi connectivity index (χ1) is 13.0. The van der Waals surface area contributed by atoms with Crippen LogP contribution in [0.5, 0.6) is 11.5 Å². The Morgan fingerprint density at radius 1 is 1.15 bits per heavy atom. The Balaban J connectivity index is 1.87. The van der Waals surface area contributed by atoms with Gasteiger partial charge in [0.1, 0.15) is 0 Å². The van der Waals surface area contributed by atoms with E-state index in [1.165, 1.54) is 0 Å². The second-order valence-corrected chi connectivity index (χ2v) is 6.76. The molecule has 2 rings (SSSR count). The summed E-state index contributed by atoms with van der Waals surface area (Å²) in [6.45, 7) is 0.209. The predicted molar refractivity (Wildman–Crippen MR) is 107 cm³/mol. The van der Waals surface area contributed by atoms with Crippen LogP contribution in [0.25, 0.3) is 0 Å². The standard InChI is InChI=1S/C21H26ClNO4/c1-23(21(25)10-6-8-15-7-4-5-9-17(15)22)14-18(24)16-11-12-19(26-2)20(13-16)27-3/h4-5,7,9,11-13,18,24H,6,8,10,14H2,1-3H3. The number of rotatable bonds is 9. The number of benzene rings is 2. The van der Waals surface area contributed by atoms with E-state index in [4.69, 9.17) is 21.1 Å². The molecule has 1 N–H and O–H groups in total. The fourth-order valence-corrected chi connectivity index (χ4v) is 3.08. The van der Waals surface area contributed by atoms with Crippen LogP contribution < -0.4 is 9.47 Å². The highest BCUT2D eigenvalue weighted by Crippen LogP contribution is 2.30. The Morgan fingerprint density at radius 2 is 1.85 bits per heavy atom. The van der Waals surface area contributed by atoms with Gasteiger partial charge in [0.05, 0.1) is 26.9 Å². The number of aliphatic hydroxyl groups is 1. The van der Waals surface area contributed by atoms with Crippen LogP contribution in [0.4, 0.5) is 0 Å². The van der Waals surface area contributed by atoms with Crippen molar-refractivity contribution in [1.82, 2.24) is 4.90 Å². The van der Waals surface area contributed by atoms with Crippen molar-refractivity contribution in [3.8, 4) is 11.5 Å². The maximum Gasteiger partial charge on any atom is 0.222 e. The summed E-state index contributed by atoms with van der Waals surface area (Å²) >= 11 is 6.14. The monoisotopic (exact) mass is 391 g/mol. The average molecular weight is 392 g/mol. The molecule has 6 heteroatoms. The first-order valence-corrected chi connectivity index (χ1v) is 9.21. The Labute approximate surface area is 165 Å². The van der Waals surface area contributed by atoms with Crippen LogP contribution in [-0.4, -0.2) is 43.7 Å². The third-order valence-corrected chi connectivity index (χ3v) is 4.83. The number of nitrogens with zero attached hydrogens (tertiary/aromatic N) is 1. The van der Waals surface area contributed by atoms with E-state index in [1.807, 2.05) is 24.3 Å². The van der Waals surface area contributed by atoms with Crippen molar-refractivity contribution in [2.45, 2.75) is 25.4 Å². The summed E-state index contributed by atoms with van der Waals surface area (Å²) in [5.41, 5.74) is 1.71.